The Balaban J connectivity index is 0.00000182. The molecule has 0 bridgehead atoms. The van der Waals surface area contributed by atoms with Crippen LogP contribution in [0, 0.1) is 5.92 Å². The molecule has 25 heavy (non-hydrogen) atoms. The Kier molecular flexibility index (Phi) is 5.93. The Morgan fingerprint density at radius 3 is 2.64 bits per heavy atom. The lowest BCUT2D eigenvalue weighted by atomic mass is 10.1. The van der Waals surface area contributed by atoms with Crippen molar-refractivity contribution in [2.24, 2.45) is 5.92 Å². The molecule has 0 spiro atoms. The number of hydrogen-bond acceptors (Lipinski definition) is 4. The van der Waals surface area contributed by atoms with Crippen molar-refractivity contribution in [1.29, 1.82) is 0 Å². The van der Waals surface area contributed by atoms with Crippen molar-refractivity contribution in [2.45, 2.75) is 49.5 Å². The van der Waals surface area contributed by atoms with E-state index in [2.05, 4.69) is 5.32 Å². The molecule has 140 valence electrons. The van der Waals surface area contributed by atoms with Crippen molar-refractivity contribution < 1.29 is 13.2 Å². The number of benzene rings is 1. The molecule has 0 radical (unpaired) electrons. The number of rotatable bonds is 5. The summed E-state index contributed by atoms with van der Waals surface area (Å²) in [6.07, 6.45) is 6.35. The molecule has 0 atom stereocenters. The van der Waals surface area contributed by atoms with E-state index in [1.54, 1.807) is 16.4 Å². The van der Waals surface area contributed by atoms with Gasteiger partial charge in [0.2, 0.25) is 10.0 Å². The SMILES string of the molecule is Cl.O=S(=O)(c1ccc2c(c1)CCCO2)N1CCC(NCC2CC2)CC1. The molecule has 0 aromatic heterocycles. The van der Waals surface area contributed by atoms with Gasteiger partial charge in [-0.1, -0.05) is 0 Å². The van der Waals surface area contributed by atoms with Gasteiger partial charge in [-0.3, -0.25) is 0 Å². The van der Waals surface area contributed by atoms with Crippen molar-refractivity contribution in [2.75, 3.05) is 26.2 Å². The normalized spacial score (nSPS) is 21.9. The van der Waals surface area contributed by atoms with Crippen LogP contribution in [-0.2, 0) is 16.4 Å². The second-order valence-electron chi connectivity index (χ2n) is 7.25. The molecular formula is C18H27ClN2O3S. The number of halogens is 1. The van der Waals surface area contributed by atoms with E-state index >= 15 is 0 Å². The number of nitrogens with one attached hydrogen (secondary N) is 1. The highest BCUT2D eigenvalue weighted by atomic mass is 35.5. The molecular weight excluding hydrogens is 360 g/mol. The molecule has 1 saturated carbocycles. The number of aryl methyl sites for hydroxylation is 1. The number of hydrogen-bond donors (Lipinski definition) is 1. The molecule has 2 heterocycles. The zero-order valence-electron chi connectivity index (χ0n) is 14.4. The summed E-state index contributed by atoms with van der Waals surface area (Å²) in [5.74, 6) is 1.70. The van der Waals surface area contributed by atoms with Gasteiger partial charge in [-0.15, -0.1) is 12.4 Å². The van der Waals surface area contributed by atoms with E-state index in [0.717, 1.165) is 56.1 Å². The van der Waals surface area contributed by atoms with Crippen LogP contribution < -0.4 is 10.1 Å². The summed E-state index contributed by atoms with van der Waals surface area (Å²) >= 11 is 0. The summed E-state index contributed by atoms with van der Waals surface area (Å²) in [4.78, 5) is 0.413. The molecule has 2 fully saturated rings. The molecule has 1 aromatic rings. The lowest BCUT2D eigenvalue weighted by Crippen LogP contribution is -2.45. The van der Waals surface area contributed by atoms with E-state index in [1.165, 1.54) is 12.8 Å². The Bertz CT molecular complexity index is 698. The third-order valence-corrected chi connectivity index (χ3v) is 7.26. The zero-order valence-corrected chi connectivity index (χ0v) is 16.1. The second kappa shape index (κ2) is 7.82. The topological polar surface area (TPSA) is 58.6 Å². The van der Waals surface area contributed by atoms with Gasteiger partial charge in [0.1, 0.15) is 5.75 Å². The monoisotopic (exact) mass is 386 g/mol. The Morgan fingerprint density at radius 2 is 1.92 bits per heavy atom. The summed E-state index contributed by atoms with van der Waals surface area (Å²) in [5, 5.41) is 3.60. The minimum absolute atomic E-state index is 0. The van der Waals surface area contributed by atoms with Gasteiger partial charge in [0.25, 0.3) is 0 Å². The molecule has 4 rings (SSSR count). The van der Waals surface area contributed by atoms with Crippen LogP contribution in [0.2, 0.25) is 0 Å². The first kappa shape index (κ1) is 19.0. The number of fused-ring (bicyclic) bond motifs is 1. The average Bonchev–Trinajstić information content (AvgIpc) is 3.44. The fourth-order valence-corrected chi connectivity index (χ4v) is 5.12. The minimum atomic E-state index is -3.39. The van der Waals surface area contributed by atoms with Crippen LogP contribution in [0.4, 0.5) is 0 Å². The van der Waals surface area contributed by atoms with Crippen molar-refractivity contribution in [3.05, 3.63) is 23.8 Å². The van der Waals surface area contributed by atoms with Crippen molar-refractivity contribution in [1.82, 2.24) is 9.62 Å². The van der Waals surface area contributed by atoms with Crippen molar-refractivity contribution in [3.63, 3.8) is 0 Å². The van der Waals surface area contributed by atoms with Crippen LogP contribution in [0.3, 0.4) is 0 Å². The first-order chi connectivity index (χ1) is 11.6. The standard InChI is InChI=1S/C18H26N2O3S.ClH/c21-24(22,17-5-6-18-15(12-17)2-1-11-23-18)20-9-7-16(8-10-20)19-13-14-3-4-14;/h5-6,12,14,16,19H,1-4,7-11,13H2;1H. The fourth-order valence-electron chi connectivity index (χ4n) is 3.60. The Morgan fingerprint density at radius 1 is 1.16 bits per heavy atom. The maximum Gasteiger partial charge on any atom is 0.243 e. The summed E-state index contributed by atoms with van der Waals surface area (Å²) in [6, 6.07) is 5.78. The van der Waals surface area contributed by atoms with E-state index in [9.17, 15) is 8.42 Å². The third-order valence-electron chi connectivity index (χ3n) is 5.36. The van der Waals surface area contributed by atoms with Gasteiger partial charge in [0.05, 0.1) is 11.5 Å². The van der Waals surface area contributed by atoms with Gasteiger partial charge in [-0.05, 0) is 74.8 Å². The highest BCUT2D eigenvalue weighted by Crippen LogP contribution is 2.30. The number of piperidine rings is 1. The van der Waals surface area contributed by atoms with E-state index in [-0.39, 0.29) is 12.4 Å². The van der Waals surface area contributed by atoms with Crippen LogP contribution in [0.1, 0.15) is 37.7 Å². The molecule has 1 N–H and O–H groups in total. The van der Waals surface area contributed by atoms with Gasteiger partial charge in [0, 0.05) is 19.1 Å². The minimum Gasteiger partial charge on any atom is -0.493 e. The second-order valence-corrected chi connectivity index (χ2v) is 9.19. The van der Waals surface area contributed by atoms with Crippen LogP contribution >= 0.6 is 12.4 Å². The maximum atomic E-state index is 12.9. The number of sulfonamides is 1. The van der Waals surface area contributed by atoms with Gasteiger partial charge in [0.15, 0.2) is 0 Å². The smallest absolute Gasteiger partial charge is 0.243 e. The fraction of sp³-hybridized carbons (Fsp3) is 0.667. The van der Waals surface area contributed by atoms with E-state index in [4.69, 9.17) is 4.74 Å². The zero-order chi connectivity index (χ0) is 16.6. The Labute approximate surface area is 156 Å². The lowest BCUT2D eigenvalue weighted by molar-refractivity contribution is 0.285. The van der Waals surface area contributed by atoms with Crippen LogP contribution in [0.15, 0.2) is 23.1 Å². The van der Waals surface area contributed by atoms with Crippen LogP contribution in [0.25, 0.3) is 0 Å². The van der Waals surface area contributed by atoms with Crippen molar-refractivity contribution >= 4 is 22.4 Å². The van der Waals surface area contributed by atoms with E-state index in [1.807, 2.05) is 6.07 Å². The summed E-state index contributed by atoms with van der Waals surface area (Å²) in [5.41, 5.74) is 1.02. The van der Waals surface area contributed by atoms with Crippen LogP contribution in [-0.4, -0.2) is 45.0 Å². The summed E-state index contributed by atoms with van der Waals surface area (Å²) < 4.78 is 33.1. The largest absolute Gasteiger partial charge is 0.493 e. The van der Waals surface area contributed by atoms with Gasteiger partial charge in [-0.2, -0.15) is 4.31 Å². The lowest BCUT2D eigenvalue weighted by Gasteiger charge is -2.32. The quantitative estimate of drug-likeness (QED) is 0.845. The number of nitrogens with zero attached hydrogens (tertiary/aromatic N) is 1. The molecule has 0 amide bonds. The van der Waals surface area contributed by atoms with Gasteiger partial charge in [-0.25, -0.2) is 8.42 Å². The summed E-state index contributed by atoms with van der Waals surface area (Å²) in [6.45, 7) is 3.04. The molecule has 5 nitrogen and oxygen atoms in total. The Hall–Kier alpha value is -0.820. The summed E-state index contributed by atoms with van der Waals surface area (Å²) in [7, 11) is -3.39. The van der Waals surface area contributed by atoms with Gasteiger partial charge < -0.3 is 10.1 Å². The van der Waals surface area contributed by atoms with Crippen molar-refractivity contribution in [3.8, 4) is 5.75 Å². The first-order valence-electron chi connectivity index (χ1n) is 9.12. The predicted octanol–water partition coefficient (Wildman–Crippen LogP) is 2.59. The molecule has 3 aliphatic rings. The van der Waals surface area contributed by atoms with E-state index < -0.39 is 10.0 Å². The molecule has 1 saturated heterocycles. The average molecular weight is 387 g/mol. The molecule has 2 aliphatic heterocycles. The first-order valence-corrected chi connectivity index (χ1v) is 10.6. The van der Waals surface area contributed by atoms with Gasteiger partial charge >= 0.3 is 0 Å². The molecule has 7 heteroatoms. The highest BCUT2D eigenvalue weighted by Gasteiger charge is 2.31. The maximum absolute atomic E-state index is 12.9. The molecule has 1 aliphatic carbocycles. The van der Waals surface area contributed by atoms with Crippen LogP contribution in [0.5, 0.6) is 5.75 Å². The molecule has 0 unspecified atom stereocenters. The van der Waals surface area contributed by atoms with E-state index in [0.29, 0.717) is 24.0 Å². The highest BCUT2D eigenvalue weighted by molar-refractivity contribution is 7.89. The predicted molar refractivity (Wildman–Crippen MR) is 100 cm³/mol. The third kappa shape index (κ3) is 4.30. The number of ether oxygens (including phenoxy) is 1. The molecule has 1 aromatic carbocycles.